The summed E-state index contributed by atoms with van der Waals surface area (Å²) in [5.41, 5.74) is 0. The maximum absolute atomic E-state index is 11.4. The summed E-state index contributed by atoms with van der Waals surface area (Å²) in [7, 11) is 0. The number of thioether (sulfide) groups is 1. The Bertz CT molecular complexity index is 389. The zero-order valence-electron chi connectivity index (χ0n) is 13.3. The molecule has 104 valence electrons. The molecule has 0 saturated heterocycles. The highest BCUT2D eigenvalue weighted by molar-refractivity contribution is 7.99. The number of carbonyl (C=O) groups excluding carboxylic acids is 2. The summed E-state index contributed by atoms with van der Waals surface area (Å²) < 4.78 is 25.4. The first kappa shape index (κ1) is 11.8. The van der Waals surface area contributed by atoms with Gasteiger partial charge in [0.2, 0.25) is 5.91 Å². The van der Waals surface area contributed by atoms with E-state index < -0.39 is 30.7 Å². The van der Waals surface area contributed by atoms with E-state index in [0.717, 1.165) is 11.8 Å². The minimum absolute atomic E-state index is 0.0408. The predicted octanol–water partition coefficient (Wildman–Crippen LogP) is 0.508. The fourth-order valence-electron chi connectivity index (χ4n) is 1.05. The second kappa shape index (κ2) is 8.79. The third-order valence-corrected chi connectivity index (χ3v) is 3.25. The van der Waals surface area contributed by atoms with Crippen LogP contribution in [0.3, 0.4) is 0 Å². The lowest BCUT2D eigenvalue weighted by Gasteiger charge is -2.14. The van der Waals surface area contributed by atoms with Crippen LogP contribution in [0, 0.1) is 5.92 Å². The molecule has 0 aromatic heterocycles. The Morgan fingerprint density at radius 1 is 1.44 bits per heavy atom. The molecule has 0 aliphatic heterocycles. The molecule has 0 aliphatic carbocycles. The van der Waals surface area contributed by atoms with Crippen LogP contribution in [0.25, 0.3) is 0 Å². The van der Waals surface area contributed by atoms with E-state index in [1.807, 2.05) is 5.32 Å². The maximum Gasteiger partial charge on any atom is 0.327 e. The van der Waals surface area contributed by atoms with Gasteiger partial charge >= 0.3 is 11.9 Å². The molecular formula is C11H19NO5S. The highest BCUT2D eigenvalue weighted by Gasteiger charge is 2.20. The summed E-state index contributed by atoms with van der Waals surface area (Å²) in [5, 5.41) is 10.9. The van der Waals surface area contributed by atoms with Gasteiger partial charge in [-0.1, -0.05) is 6.92 Å². The van der Waals surface area contributed by atoms with Gasteiger partial charge in [-0.05, 0) is 6.92 Å². The van der Waals surface area contributed by atoms with Crippen LogP contribution in [0.4, 0.5) is 0 Å². The number of hydrogen-bond donors (Lipinski definition) is 2. The molecule has 0 bridgehead atoms. The molecular weight excluding hydrogens is 258 g/mol. The number of carboxylic acid groups (broad SMARTS) is 1. The van der Waals surface area contributed by atoms with E-state index in [9.17, 15) is 14.4 Å². The van der Waals surface area contributed by atoms with Crippen LogP contribution >= 0.6 is 11.8 Å². The zero-order valence-corrected chi connectivity index (χ0v) is 11.1. The molecule has 1 unspecified atom stereocenters. The molecule has 0 saturated carbocycles. The standard InChI is InChI=1S/C11H19NO5S/c1-4-17-11(16)7(2)5-18-6-9(10(14)15)12-8(3)13/h7,9H,4-6H2,1-3H3,(H,12,13)(H,14,15)/t7?,9-/m1/s1/i3D3. The topological polar surface area (TPSA) is 92.7 Å². The van der Waals surface area contributed by atoms with E-state index in [1.54, 1.807) is 13.8 Å². The van der Waals surface area contributed by atoms with Crippen molar-refractivity contribution < 1.29 is 28.3 Å². The van der Waals surface area contributed by atoms with Crippen LogP contribution in [0.15, 0.2) is 0 Å². The SMILES string of the molecule is [2H]C([2H])([2H])C(=O)N[C@H](CSCC(C)C(=O)OCC)C(=O)O. The van der Waals surface area contributed by atoms with Gasteiger partial charge in [0.15, 0.2) is 0 Å². The first-order valence-corrected chi connectivity index (χ1v) is 6.53. The highest BCUT2D eigenvalue weighted by atomic mass is 32.2. The van der Waals surface area contributed by atoms with Crippen molar-refractivity contribution in [2.24, 2.45) is 5.92 Å². The fourth-order valence-corrected chi connectivity index (χ4v) is 2.14. The Morgan fingerprint density at radius 2 is 2.11 bits per heavy atom. The van der Waals surface area contributed by atoms with Gasteiger partial charge in [0.1, 0.15) is 6.04 Å². The summed E-state index contributed by atoms with van der Waals surface area (Å²) in [6, 6.07) is -1.32. The molecule has 0 aromatic carbocycles. The Morgan fingerprint density at radius 3 is 2.61 bits per heavy atom. The zero-order chi connectivity index (χ0) is 16.6. The smallest absolute Gasteiger partial charge is 0.327 e. The summed E-state index contributed by atoms with van der Waals surface area (Å²) in [6.45, 7) is 0.696. The fraction of sp³-hybridized carbons (Fsp3) is 0.727. The molecule has 0 rings (SSSR count). The number of amides is 1. The van der Waals surface area contributed by atoms with Crippen molar-refractivity contribution in [2.75, 3.05) is 18.1 Å². The molecule has 7 heteroatoms. The van der Waals surface area contributed by atoms with Crippen molar-refractivity contribution in [2.45, 2.75) is 26.7 Å². The minimum Gasteiger partial charge on any atom is -0.480 e. The number of ether oxygens (including phenoxy) is 1. The summed E-state index contributed by atoms with van der Waals surface area (Å²) >= 11 is 1.12. The van der Waals surface area contributed by atoms with Gasteiger partial charge in [0, 0.05) is 22.5 Å². The summed E-state index contributed by atoms with van der Waals surface area (Å²) in [6.07, 6.45) is 0. The van der Waals surface area contributed by atoms with Crippen LogP contribution in [0.5, 0.6) is 0 Å². The van der Waals surface area contributed by atoms with Crippen molar-refractivity contribution in [3.05, 3.63) is 0 Å². The normalized spacial score (nSPS) is 16.7. The van der Waals surface area contributed by atoms with E-state index in [0.29, 0.717) is 5.75 Å². The van der Waals surface area contributed by atoms with E-state index in [2.05, 4.69) is 0 Å². The van der Waals surface area contributed by atoms with E-state index >= 15 is 0 Å². The molecule has 0 aromatic rings. The molecule has 1 amide bonds. The lowest BCUT2D eigenvalue weighted by atomic mass is 10.2. The second-order valence-corrected chi connectivity index (χ2v) is 4.63. The van der Waals surface area contributed by atoms with E-state index in [-0.39, 0.29) is 18.3 Å². The molecule has 0 spiro atoms. The lowest BCUT2D eigenvalue weighted by Crippen LogP contribution is -2.41. The largest absolute Gasteiger partial charge is 0.480 e. The molecule has 6 nitrogen and oxygen atoms in total. The molecule has 0 radical (unpaired) electrons. The monoisotopic (exact) mass is 280 g/mol. The van der Waals surface area contributed by atoms with Gasteiger partial charge in [-0.2, -0.15) is 11.8 Å². The number of aliphatic carboxylic acids is 1. The second-order valence-electron chi connectivity index (χ2n) is 3.55. The first-order chi connectivity index (χ1) is 9.59. The number of esters is 1. The first-order valence-electron chi connectivity index (χ1n) is 6.87. The van der Waals surface area contributed by atoms with Crippen LogP contribution in [0.1, 0.15) is 24.8 Å². The van der Waals surface area contributed by atoms with Crippen molar-refractivity contribution in [3.63, 3.8) is 0 Å². The van der Waals surface area contributed by atoms with Crippen molar-refractivity contribution in [1.29, 1.82) is 0 Å². The number of carboxylic acids is 1. The highest BCUT2D eigenvalue weighted by Crippen LogP contribution is 2.11. The molecule has 0 heterocycles. The summed E-state index contributed by atoms with van der Waals surface area (Å²) in [5.74, 6) is -3.17. The third-order valence-electron chi connectivity index (χ3n) is 1.94. The maximum atomic E-state index is 11.4. The van der Waals surface area contributed by atoms with Crippen LogP contribution in [-0.2, 0) is 19.1 Å². The number of hydrogen-bond acceptors (Lipinski definition) is 5. The van der Waals surface area contributed by atoms with Gasteiger partial charge in [0.25, 0.3) is 0 Å². The molecule has 2 N–H and O–H groups in total. The molecule has 0 aliphatic rings. The molecule has 18 heavy (non-hydrogen) atoms. The molecule has 2 atom stereocenters. The average molecular weight is 280 g/mol. The Kier molecular flexibility index (Phi) is 5.78. The van der Waals surface area contributed by atoms with Crippen LogP contribution in [-0.4, -0.2) is 47.1 Å². The predicted molar refractivity (Wildman–Crippen MR) is 68.4 cm³/mol. The van der Waals surface area contributed by atoms with Crippen molar-refractivity contribution in [1.82, 2.24) is 5.32 Å². The van der Waals surface area contributed by atoms with Gasteiger partial charge in [-0.15, -0.1) is 0 Å². The van der Waals surface area contributed by atoms with E-state index in [4.69, 9.17) is 14.0 Å². The summed E-state index contributed by atoms with van der Waals surface area (Å²) in [4.78, 5) is 33.6. The number of rotatable bonds is 8. The Hall–Kier alpha value is -1.24. The lowest BCUT2D eigenvalue weighted by molar-refractivity contribution is -0.146. The third kappa shape index (κ3) is 7.16. The number of carbonyl (C=O) groups is 3. The van der Waals surface area contributed by atoms with Gasteiger partial charge in [-0.3, -0.25) is 9.59 Å². The van der Waals surface area contributed by atoms with Gasteiger partial charge < -0.3 is 15.2 Å². The van der Waals surface area contributed by atoms with Crippen molar-refractivity contribution in [3.8, 4) is 0 Å². The average Bonchev–Trinajstić information content (AvgIpc) is 2.35. The molecule has 0 fully saturated rings. The van der Waals surface area contributed by atoms with Gasteiger partial charge in [0.05, 0.1) is 12.5 Å². The Labute approximate surface area is 115 Å². The van der Waals surface area contributed by atoms with Crippen LogP contribution < -0.4 is 5.32 Å². The number of nitrogens with one attached hydrogen (secondary N) is 1. The Balaban J connectivity index is 4.33. The van der Waals surface area contributed by atoms with E-state index in [1.165, 1.54) is 0 Å². The minimum atomic E-state index is -2.89. The van der Waals surface area contributed by atoms with Crippen LogP contribution in [0.2, 0.25) is 0 Å². The quantitative estimate of drug-likeness (QED) is 0.629. The van der Waals surface area contributed by atoms with Gasteiger partial charge in [-0.25, -0.2) is 4.79 Å². The van der Waals surface area contributed by atoms with Crippen molar-refractivity contribution >= 4 is 29.6 Å².